The zero-order valence-corrected chi connectivity index (χ0v) is 11.5. The van der Waals surface area contributed by atoms with Gasteiger partial charge in [-0.1, -0.05) is 40.2 Å². The summed E-state index contributed by atoms with van der Waals surface area (Å²) in [5.74, 6) is 0. The number of anilines is 1. The van der Waals surface area contributed by atoms with Crippen LogP contribution in [-0.2, 0) is 10.2 Å². The van der Waals surface area contributed by atoms with E-state index in [1.165, 1.54) is 11.1 Å². The van der Waals surface area contributed by atoms with E-state index in [1.54, 1.807) is 0 Å². The molecule has 0 spiro atoms. The van der Waals surface area contributed by atoms with Gasteiger partial charge in [-0.05, 0) is 35.4 Å². The number of ether oxygens (including phenoxy) is 1. The molecule has 2 aromatic carbocycles. The molecule has 18 heavy (non-hydrogen) atoms. The Balaban J connectivity index is 2.04. The lowest BCUT2D eigenvalue weighted by atomic mass is 9.73. The maximum absolute atomic E-state index is 5.75. The molecule has 1 aliphatic heterocycles. The smallest absolute Gasteiger partial charge is 0.0669 e. The first-order valence-electron chi connectivity index (χ1n) is 5.90. The van der Waals surface area contributed by atoms with Crippen LogP contribution in [0.2, 0.25) is 0 Å². The molecule has 92 valence electrons. The molecule has 0 aliphatic carbocycles. The topological polar surface area (TPSA) is 35.2 Å². The van der Waals surface area contributed by atoms with Crippen LogP contribution in [0.25, 0.3) is 0 Å². The van der Waals surface area contributed by atoms with Crippen LogP contribution < -0.4 is 5.73 Å². The zero-order chi connectivity index (χ0) is 12.6. The molecular weight excluding hydrogens is 290 g/mol. The lowest BCUT2D eigenvalue weighted by Crippen LogP contribution is -2.47. The molecule has 2 aromatic rings. The molecule has 0 atom stereocenters. The van der Waals surface area contributed by atoms with E-state index in [9.17, 15) is 0 Å². The van der Waals surface area contributed by atoms with Gasteiger partial charge in [0.15, 0.2) is 0 Å². The van der Waals surface area contributed by atoms with Crippen molar-refractivity contribution >= 4 is 21.6 Å². The summed E-state index contributed by atoms with van der Waals surface area (Å²) < 4.78 is 6.56. The minimum Gasteiger partial charge on any atom is -0.399 e. The lowest BCUT2D eigenvalue weighted by molar-refractivity contribution is -0.0379. The number of rotatable bonds is 2. The van der Waals surface area contributed by atoms with Gasteiger partial charge in [0.25, 0.3) is 0 Å². The fourth-order valence-electron chi connectivity index (χ4n) is 2.38. The van der Waals surface area contributed by atoms with Crippen molar-refractivity contribution in [2.45, 2.75) is 5.41 Å². The number of nitrogen functional groups attached to an aromatic ring is 1. The standard InChI is InChI=1S/C15H14BrNO/c16-13-5-1-11(2-6-13)15(9-18-10-15)12-3-7-14(17)8-4-12/h1-8H,9-10,17H2. The Hall–Kier alpha value is -1.32. The van der Waals surface area contributed by atoms with Gasteiger partial charge in [-0.3, -0.25) is 0 Å². The van der Waals surface area contributed by atoms with E-state index >= 15 is 0 Å². The first-order chi connectivity index (χ1) is 8.71. The highest BCUT2D eigenvalue weighted by Crippen LogP contribution is 2.39. The Morgan fingerprint density at radius 1 is 0.889 bits per heavy atom. The van der Waals surface area contributed by atoms with Gasteiger partial charge < -0.3 is 10.5 Å². The highest BCUT2D eigenvalue weighted by atomic mass is 79.9. The number of nitrogens with two attached hydrogens (primary N) is 1. The summed E-state index contributed by atoms with van der Waals surface area (Å²) in [6.45, 7) is 1.47. The number of halogens is 1. The molecule has 0 bridgehead atoms. The second-order valence-electron chi connectivity index (χ2n) is 4.70. The molecule has 0 aromatic heterocycles. The fraction of sp³-hybridized carbons (Fsp3) is 0.200. The summed E-state index contributed by atoms with van der Waals surface area (Å²) in [5, 5.41) is 0. The molecule has 1 saturated heterocycles. The molecule has 2 nitrogen and oxygen atoms in total. The molecular formula is C15H14BrNO. The van der Waals surface area contributed by atoms with Gasteiger partial charge in [-0.25, -0.2) is 0 Å². The third kappa shape index (κ3) is 1.84. The van der Waals surface area contributed by atoms with Crippen molar-refractivity contribution in [2.24, 2.45) is 0 Å². The molecule has 3 rings (SSSR count). The molecule has 0 unspecified atom stereocenters. The SMILES string of the molecule is Nc1ccc(C2(c3ccc(Br)cc3)COC2)cc1. The van der Waals surface area contributed by atoms with Gasteiger partial charge in [-0.15, -0.1) is 0 Å². The van der Waals surface area contributed by atoms with Gasteiger partial charge >= 0.3 is 0 Å². The summed E-state index contributed by atoms with van der Waals surface area (Å²) in [4.78, 5) is 0. The zero-order valence-electron chi connectivity index (χ0n) is 9.90. The second-order valence-corrected chi connectivity index (χ2v) is 5.62. The Bertz CT molecular complexity index is 496. The summed E-state index contributed by atoms with van der Waals surface area (Å²) in [6.07, 6.45) is 0. The van der Waals surface area contributed by atoms with Crippen molar-refractivity contribution in [3.63, 3.8) is 0 Å². The minimum absolute atomic E-state index is 0.00556. The van der Waals surface area contributed by atoms with E-state index in [1.807, 2.05) is 12.1 Å². The van der Waals surface area contributed by atoms with Crippen LogP contribution in [0.15, 0.2) is 53.0 Å². The van der Waals surface area contributed by atoms with Gasteiger partial charge in [0.1, 0.15) is 0 Å². The van der Waals surface area contributed by atoms with E-state index in [0.29, 0.717) is 0 Å². The third-order valence-electron chi connectivity index (χ3n) is 3.56. The van der Waals surface area contributed by atoms with Gasteiger partial charge in [-0.2, -0.15) is 0 Å². The highest BCUT2D eigenvalue weighted by molar-refractivity contribution is 9.10. The average molecular weight is 304 g/mol. The van der Waals surface area contributed by atoms with Crippen LogP contribution in [0.4, 0.5) is 5.69 Å². The maximum Gasteiger partial charge on any atom is 0.0669 e. The summed E-state index contributed by atoms with van der Waals surface area (Å²) in [6, 6.07) is 16.6. The van der Waals surface area contributed by atoms with Crippen LogP contribution in [0.5, 0.6) is 0 Å². The van der Waals surface area contributed by atoms with Gasteiger partial charge in [0.2, 0.25) is 0 Å². The van der Waals surface area contributed by atoms with Crippen LogP contribution in [0, 0.1) is 0 Å². The molecule has 0 saturated carbocycles. The number of hydrogen-bond acceptors (Lipinski definition) is 2. The predicted octanol–water partition coefficient (Wildman–Crippen LogP) is 3.35. The summed E-state index contributed by atoms with van der Waals surface area (Å²) in [5.41, 5.74) is 9.10. The largest absolute Gasteiger partial charge is 0.399 e. The van der Waals surface area contributed by atoms with Crippen molar-refractivity contribution in [1.29, 1.82) is 0 Å². The summed E-state index contributed by atoms with van der Waals surface area (Å²) >= 11 is 3.47. The predicted molar refractivity (Wildman–Crippen MR) is 76.6 cm³/mol. The Morgan fingerprint density at radius 3 is 1.83 bits per heavy atom. The first kappa shape index (κ1) is 11.8. The Kier molecular flexibility index (Phi) is 2.88. The van der Waals surface area contributed by atoms with E-state index in [0.717, 1.165) is 23.4 Å². The normalized spacial score (nSPS) is 17.2. The van der Waals surface area contributed by atoms with Crippen LogP contribution in [0.3, 0.4) is 0 Å². The van der Waals surface area contributed by atoms with Crippen molar-refractivity contribution < 1.29 is 4.74 Å². The number of hydrogen-bond donors (Lipinski definition) is 1. The molecule has 1 aliphatic rings. The fourth-order valence-corrected chi connectivity index (χ4v) is 2.64. The van der Waals surface area contributed by atoms with Crippen LogP contribution in [-0.4, -0.2) is 13.2 Å². The Morgan fingerprint density at radius 2 is 1.39 bits per heavy atom. The Labute approximate surface area is 115 Å². The first-order valence-corrected chi connectivity index (χ1v) is 6.70. The quantitative estimate of drug-likeness (QED) is 0.864. The van der Waals surface area contributed by atoms with Crippen molar-refractivity contribution in [1.82, 2.24) is 0 Å². The molecule has 2 N–H and O–H groups in total. The monoisotopic (exact) mass is 303 g/mol. The minimum atomic E-state index is -0.00556. The average Bonchev–Trinajstić information content (AvgIpc) is 2.32. The maximum atomic E-state index is 5.75. The molecule has 3 heteroatoms. The second kappa shape index (κ2) is 4.41. The third-order valence-corrected chi connectivity index (χ3v) is 4.09. The van der Waals surface area contributed by atoms with Crippen molar-refractivity contribution in [3.05, 3.63) is 64.1 Å². The van der Waals surface area contributed by atoms with Crippen molar-refractivity contribution in [2.75, 3.05) is 18.9 Å². The molecule has 1 heterocycles. The van der Waals surface area contributed by atoms with Crippen LogP contribution >= 0.6 is 15.9 Å². The van der Waals surface area contributed by atoms with E-state index in [-0.39, 0.29) is 5.41 Å². The van der Waals surface area contributed by atoms with Gasteiger partial charge in [0.05, 0.1) is 18.6 Å². The van der Waals surface area contributed by atoms with Gasteiger partial charge in [0, 0.05) is 10.2 Å². The van der Waals surface area contributed by atoms with Crippen LogP contribution in [0.1, 0.15) is 11.1 Å². The van der Waals surface area contributed by atoms with E-state index in [4.69, 9.17) is 10.5 Å². The lowest BCUT2D eigenvalue weighted by Gasteiger charge is -2.42. The van der Waals surface area contributed by atoms with Crippen molar-refractivity contribution in [3.8, 4) is 0 Å². The molecule has 0 radical (unpaired) electrons. The highest BCUT2D eigenvalue weighted by Gasteiger charge is 2.41. The molecule has 1 fully saturated rings. The van der Waals surface area contributed by atoms with E-state index < -0.39 is 0 Å². The number of benzene rings is 2. The molecule has 0 amide bonds. The van der Waals surface area contributed by atoms with E-state index in [2.05, 4.69) is 52.3 Å². The summed E-state index contributed by atoms with van der Waals surface area (Å²) in [7, 11) is 0.